The number of imide groups is 1. The second-order valence-corrected chi connectivity index (χ2v) is 9.04. The molecule has 136 valence electrons. The van der Waals surface area contributed by atoms with Gasteiger partial charge in [0.2, 0.25) is 0 Å². The van der Waals surface area contributed by atoms with E-state index in [-0.39, 0.29) is 34.5 Å². The number of carbonyl (C=O) groups excluding carboxylic acids is 2. The van der Waals surface area contributed by atoms with E-state index >= 15 is 0 Å². The molecule has 4 nitrogen and oxygen atoms in total. The van der Waals surface area contributed by atoms with E-state index in [9.17, 15) is 14.8 Å². The van der Waals surface area contributed by atoms with Crippen molar-refractivity contribution in [2.75, 3.05) is 0 Å². The maximum absolute atomic E-state index is 12.4. The molecule has 1 aliphatic heterocycles. The molecule has 3 rings (SSSR count). The molecular formula is C20H33NO3. The number of rotatable bonds is 1. The summed E-state index contributed by atoms with van der Waals surface area (Å²) in [6, 6.07) is 0. The molecule has 2 saturated carbocycles. The highest BCUT2D eigenvalue weighted by Crippen LogP contribution is 2.57. The minimum absolute atomic E-state index is 0.0812. The summed E-state index contributed by atoms with van der Waals surface area (Å²) in [5.41, 5.74) is 0.316. The van der Waals surface area contributed by atoms with Gasteiger partial charge in [0.05, 0.1) is 11.8 Å². The van der Waals surface area contributed by atoms with Gasteiger partial charge in [-0.15, -0.1) is 0 Å². The Kier molecular flexibility index (Phi) is 5.06. The van der Waals surface area contributed by atoms with Gasteiger partial charge in [0, 0.05) is 0 Å². The fraction of sp³-hybridized carbons (Fsp3) is 0.900. The Hall–Kier alpha value is -0.900. The van der Waals surface area contributed by atoms with Gasteiger partial charge in [0.1, 0.15) is 0 Å². The lowest BCUT2D eigenvalue weighted by Gasteiger charge is -2.48. The topological polar surface area (TPSA) is 57.6 Å². The van der Waals surface area contributed by atoms with Crippen LogP contribution in [-0.4, -0.2) is 22.1 Å². The van der Waals surface area contributed by atoms with Crippen LogP contribution in [0.2, 0.25) is 0 Å². The molecule has 0 aromatic rings. The van der Waals surface area contributed by atoms with E-state index in [4.69, 9.17) is 0 Å². The van der Waals surface area contributed by atoms with Crippen LogP contribution in [-0.2, 0) is 9.59 Å². The standard InChI is InChI=1S/C20H33NO3/c1-19(11-7-5-3-4-6-8-12-19)20(2)13-9-10-15-16(14-20)18(23)21(24)17(15)22/h15-16,24H,3-14H2,1-2H3. The molecule has 0 radical (unpaired) electrons. The molecule has 0 aromatic heterocycles. The van der Waals surface area contributed by atoms with Crippen LogP contribution in [0.5, 0.6) is 0 Å². The van der Waals surface area contributed by atoms with E-state index in [2.05, 4.69) is 13.8 Å². The molecule has 4 heteroatoms. The van der Waals surface area contributed by atoms with Crippen LogP contribution in [0.4, 0.5) is 0 Å². The van der Waals surface area contributed by atoms with Crippen molar-refractivity contribution in [3.8, 4) is 0 Å². The van der Waals surface area contributed by atoms with Gasteiger partial charge in [-0.25, -0.2) is 0 Å². The quantitative estimate of drug-likeness (QED) is 0.558. The minimum Gasteiger partial charge on any atom is -0.278 e. The highest BCUT2D eigenvalue weighted by molar-refractivity contribution is 6.03. The molecule has 3 atom stereocenters. The van der Waals surface area contributed by atoms with Crippen LogP contribution in [0.1, 0.15) is 90.9 Å². The van der Waals surface area contributed by atoms with Crippen molar-refractivity contribution in [2.45, 2.75) is 90.9 Å². The summed E-state index contributed by atoms with van der Waals surface area (Å²) >= 11 is 0. The molecule has 2 amide bonds. The third-order valence-corrected chi connectivity index (χ3v) is 7.62. The van der Waals surface area contributed by atoms with Crippen LogP contribution in [0, 0.1) is 22.7 Å². The third kappa shape index (κ3) is 3.02. The molecule has 3 aliphatic rings. The summed E-state index contributed by atoms with van der Waals surface area (Å²) in [6.07, 6.45) is 13.9. The van der Waals surface area contributed by atoms with E-state index in [0.29, 0.717) is 5.06 Å². The highest BCUT2D eigenvalue weighted by Gasteiger charge is 2.54. The predicted molar refractivity (Wildman–Crippen MR) is 92.2 cm³/mol. The maximum Gasteiger partial charge on any atom is 0.257 e. The first-order chi connectivity index (χ1) is 11.4. The zero-order chi connectivity index (χ0) is 17.4. The first kappa shape index (κ1) is 17.9. The van der Waals surface area contributed by atoms with Gasteiger partial charge >= 0.3 is 0 Å². The zero-order valence-corrected chi connectivity index (χ0v) is 15.4. The largest absolute Gasteiger partial charge is 0.278 e. The number of hydrogen-bond donors (Lipinski definition) is 1. The van der Waals surface area contributed by atoms with Crippen molar-refractivity contribution in [3.05, 3.63) is 0 Å². The van der Waals surface area contributed by atoms with Crippen LogP contribution in [0.15, 0.2) is 0 Å². The van der Waals surface area contributed by atoms with Gasteiger partial charge in [-0.2, -0.15) is 5.06 Å². The van der Waals surface area contributed by atoms with Gasteiger partial charge in [-0.3, -0.25) is 14.8 Å². The Morgan fingerprint density at radius 1 is 0.792 bits per heavy atom. The number of nitrogens with zero attached hydrogens (tertiary/aromatic N) is 1. The normalized spacial score (nSPS) is 38.0. The Labute approximate surface area is 145 Å². The Bertz CT molecular complexity index is 493. The maximum atomic E-state index is 12.4. The van der Waals surface area contributed by atoms with Crippen molar-refractivity contribution < 1.29 is 14.8 Å². The van der Waals surface area contributed by atoms with Crippen molar-refractivity contribution >= 4 is 11.8 Å². The molecule has 0 spiro atoms. The molecule has 1 N–H and O–H groups in total. The third-order valence-electron chi connectivity index (χ3n) is 7.62. The number of hydrogen-bond acceptors (Lipinski definition) is 3. The molecular weight excluding hydrogens is 302 g/mol. The van der Waals surface area contributed by atoms with Crippen molar-refractivity contribution in [3.63, 3.8) is 0 Å². The molecule has 1 saturated heterocycles. The van der Waals surface area contributed by atoms with E-state index in [1.54, 1.807) is 0 Å². The van der Waals surface area contributed by atoms with Crippen molar-refractivity contribution in [2.24, 2.45) is 22.7 Å². The molecule has 24 heavy (non-hydrogen) atoms. The molecule has 2 aliphatic carbocycles. The van der Waals surface area contributed by atoms with Crippen LogP contribution in [0.3, 0.4) is 0 Å². The summed E-state index contributed by atoms with van der Waals surface area (Å²) in [5, 5.41) is 10.2. The van der Waals surface area contributed by atoms with Crippen LogP contribution >= 0.6 is 0 Å². The number of amides is 2. The van der Waals surface area contributed by atoms with Gasteiger partial charge in [-0.1, -0.05) is 58.8 Å². The molecule has 1 heterocycles. The summed E-state index contributed by atoms with van der Waals surface area (Å²) in [4.78, 5) is 24.6. The zero-order valence-electron chi connectivity index (χ0n) is 15.4. The van der Waals surface area contributed by atoms with Crippen LogP contribution < -0.4 is 0 Å². The first-order valence-corrected chi connectivity index (χ1v) is 9.95. The highest BCUT2D eigenvalue weighted by atomic mass is 16.5. The van der Waals surface area contributed by atoms with Gasteiger partial charge in [0.15, 0.2) is 0 Å². The lowest BCUT2D eigenvalue weighted by molar-refractivity contribution is -0.173. The second-order valence-electron chi connectivity index (χ2n) is 9.04. The Morgan fingerprint density at radius 3 is 1.92 bits per heavy atom. The van der Waals surface area contributed by atoms with E-state index in [1.807, 2.05) is 0 Å². The second kappa shape index (κ2) is 6.78. The van der Waals surface area contributed by atoms with Gasteiger partial charge < -0.3 is 0 Å². The molecule has 3 fully saturated rings. The summed E-state index contributed by atoms with van der Waals surface area (Å²) in [5.74, 6) is -1.32. The molecule has 3 unspecified atom stereocenters. The Morgan fingerprint density at radius 2 is 1.29 bits per heavy atom. The fourth-order valence-corrected chi connectivity index (χ4v) is 5.63. The molecule has 0 bridgehead atoms. The summed E-state index contributed by atoms with van der Waals surface area (Å²) < 4.78 is 0. The first-order valence-electron chi connectivity index (χ1n) is 9.95. The van der Waals surface area contributed by atoms with Crippen molar-refractivity contribution in [1.29, 1.82) is 0 Å². The number of hydroxylamine groups is 2. The number of carbonyl (C=O) groups is 2. The van der Waals surface area contributed by atoms with Gasteiger partial charge in [-0.05, 0) is 42.9 Å². The number of fused-ring (bicyclic) bond motifs is 1. The fourth-order valence-electron chi connectivity index (χ4n) is 5.63. The summed E-state index contributed by atoms with van der Waals surface area (Å²) in [7, 11) is 0. The minimum atomic E-state index is -0.367. The smallest absolute Gasteiger partial charge is 0.257 e. The Balaban J connectivity index is 1.85. The SMILES string of the molecule is CC1(C2(C)CCCC3C(=O)N(O)C(=O)C3C2)CCCCCCCC1. The van der Waals surface area contributed by atoms with E-state index in [0.717, 1.165) is 25.7 Å². The van der Waals surface area contributed by atoms with Gasteiger partial charge in [0.25, 0.3) is 11.8 Å². The lowest BCUT2D eigenvalue weighted by Crippen LogP contribution is -2.40. The van der Waals surface area contributed by atoms with Crippen LogP contribution in [0.25, 0.3) is 0 Å². The average Bonchev–Trinajstić information content (AvgIpc) is 2.67. The predicted octanol–water partition coefficient (Wildman–Crippen LogP) is 4.70. The van der Waals surface area contributed by atoms with E-state index < -0.39 is 0 Å². The monoisotopic (exact) mass is 335 g/mol. The van der Waals surface area contributed by atoms with E-state index in [1.165, 1.54) is 51.4 Å². The summed E-state index contributed by atoms with van der Waals surface area (Å²) in [6.45, 7) is 4.78. The van der Waals surface area contributed by atoms with Crippen molar-refractivity contribution in [1.82, 2.24) is 5.06 Å². The average molecular weight is 335 g/mol. The molecule has 0 aromatic carbocycles. The lowest BCUT2D eigenvalue weighted by atomic mass is 9.56.